The molecule has 0 aromatic carbocycles. The van der Waals surface area contributed by atoms with Crippen LogP contribution in [0, 0.1) is 5.92 Å². The zero-order valence-electron chi connectivity index (χ0n) is 10.9. The summed E-state index contributed by atoms with van der Waals surface area (Å²) in [6.07, 6.45) is 5.33. The van der Waals surface area contributed by atoms with Gasteiger partial charge in [0, 0.05) is 18.6 Å². The van der Waals surface area contributed by atoms with E-state index < -0.39 is 0 Å². The Kier molecular flexibility index (Phi) is 4.22. The maximum absolute atomic E-state index is 5.83. The second kappa shape index (κ2) is 5.48. The molecule has 0 spiro atoms. The van der Waals surface area contributed by atoms with E-state index in [1.165, 1.54) is 45.4 Å². The SMILES string of the molecule is CC(N)CCN1CCC2C(CCCN2C)C1. The third-order valence-corrected chi connectivity index (χ3v) is 4.33. The van der Waals surface area contributed by atoms with Crippen LogP contribution >= 0.6 is 0 Å². The molecule has 2 heterocycles. The predicted molar refractivity (Wildman–Crippen MR) is 68.5 cm³/mol. The quantitative estimate of drug-likeness (QED) is 0.782. The first-order chi connectivity index (χ1) is 7.66. The lowest BCUT2D eigenvalue weighted by atomic mass is 9.84. The highest BCUT2D eigenvalue weighted by molar-refractivity contribution is 4.89. The third-order valence-electron chi connectivity index (χ3n) is 4.33. The normalized spacial score (nSPS) is 34.7. The Balaban J connectivity index is 1.80. The van der Waals surface area contributed by atoms with Crippen LogP contribution in [-0.2, 0) is 0 Å². The molecule has 2 rings (SSSR count). The lowest BCUT2D eigenvalue weighted by molar-refractivity contribution is 0.0377. The van der Waals surface area contributed by atoms with E-state index in [0.717, 1.165) is 18.4 Å². The Labute approximate surface area is 100.0 Å². The average Bonchev–Trinajstić information content (AvgIpc) is 2.26. The molecule has 3 nitrogen and oxygen atoms in total. The highest BCUT2D eigenvalue weighted by Gasteiger charge is 2.33. The molecule has 0 aliphatic carbocycles. The molecule has 2 aliphatic rings. The number of likely N-dealkylation sites (tertiary alicyclic amines) is 2. The predicted octanol–water partition coefficient (Wildman–Crippen LogP) is 1.14. The van der Waals surface area contributed by atoms with Crippen LogP contribution in [0.1, 0.15) is 32.6 Å². The van der Waals surface area contributed by atoms with E-state index in [2.05, 4.69) is 23.8 Å². The number of nitrogens with two attached hydrogens (primary N) is 1. The zero-order valence-corrected chi connectivity index (χ0v) is 10.9. The smallest absolute Gasteiger partial charge is 0.0145 e. The van der Waals surface area contributed by atoms with Crippen LogP contribution in [0.2, 0.25) is 0 Å². The van der Waals surface area contributed by atoms with Crippen molar-refractivity contribution in [3.63, 3.8) is 0 Å². The van der Waals surface area contributed by atoms with Crippen LogP contribution in [0.5, 0.6) is 0 Å². The van der Waals surface area contributed by atoms with Gasteiger partial charge in [0.05, 0.1) is 0 Å². The fraction of sp³-hybridized carbons (Fsp3) is 1.00. The van der Waals surface area contributed by atoms with E-state index in [9.17, 15) is 0 Å². The van der Waals surface area contributed by atoms with Crippen LogP contribution < -0.4 is 5.73 Å². The summed E-state index contributed by atoms with van der Waals surface area (Å²) in [5, 5.41) is 0. The van der Waals surface area contributed by atoms with E-state index in [4.69, 9.17) is 5.73 Å². The van der Waals surface area contributed by atoms with Gasteiger partial charge in [0.25, 0.3) is 0 Å². The van der Waals surface area contributed by atoms with Crippen LogP contribution in [-0.4, -0.2) is 55.1 Å². The highest BCUT2D eigenvalue weighted by atomic mass is 15.2. The lowest BCUT2D eigenvalue weighted by Gasteiger charge is -2.46. The number of rotatable bonds is 3. The van der Waals surface area contributed by atoms with Crippen LogP contribution in [0.4, 0.5) is 0 Å². The van der Waals surface area contributed by atoms with Gasteiger partial charge in [-0.15, -0.1) is 0 Å². The van der Waals surface area contributed by atoms with Gasteiger partial charge in [-0.2, -0.15) is 0 Å². The molecule has 3 unspecified atom stereocenters. The molecule has 0 saturated carbocycles. The first-order valence-electron chi connectivity index (χ1n) is 6.85. The summed E-state index contributed by atoms with van der Waals surface area (Å²) in [7, 11) is 2.30. The van der Waals surface area contributed by atoms with Gasteiger partial charge in [-0.1, -0.05) is 0 Å². The fourth-order valence-corrected chi connectivity index (χ4v) is 3.32. The molecule has 2 N–H and O–H groups in total. The van der Waals surface area contributed by atoms with Crippen LogP contribution in [0.15, 0.2) is 0 Å². The number of hydrogen-bond donors (Lipinski definition) is 1. The molecule has 0 bridgehead atoms. The van der Waals surface area contributed by atoms with Crippen LogP contribution in [0.25, 0.3) is 0 Å². The fourth-order valence-electron chi connectivity index (χ4n) is 3.32. The summed E-state index contributed by atoms with van der Waals surface area (Å²) < 4.78 is 0. The summed E-state index contributed by atoms with van der Waals surface area (Å²) in [4.78, 5) is 5.21. The Morgan fingerprint density at radius 1 is 1.31 bits per heavy atom. The Bertz CT molecular complexity index is 217. The van der Waals surface area contributed by atoms with Crippen molar-refractivity contribution in [2.45, 2.75) is 44.7 Å². The molecular weight excluding hydrogens is 198 g/mol. The van der Waals surface area contributed by atoms with Gasteiger partial charge in [-0.3, -0.25) is 0 Å². The van der Waals surface area contributed by atoms with Gasteiger partial charge in [0.15, 0.2) is 0 Å². The minimum Gasteiger partial charge on any atom is -0.328 e. The van der Waals surface area contributed by atoms with Crippen molar-refractivity contribution >= 4 is 0 Å². The van der Waals surface area contributed by atoms with Crippen molar-refractivity contribution in [2.24, 2.45) is 11.7 Å². The molecule has 0 aromatic rings. The molecule has 2 saturated heterocycles. The summed E-state index contributed by atoms with van der Waals surface area (Å²) in [6.45, 7) is 7.20. The first kappa shape index (κ1) is 12.3. The first-order valence-corrected chi connectivity index (χ1v) is 6.85. The second-order valence-electron chi connectivity index (χ2n) is 5.81. The van der Waals surface area contributed by atoms with Crippen molar-refractivity contribution in [1.82, 2.24) is 9.80 Å². The van der Waals surface area contributed by atoms with E-state index in [1.54, 1.807) is 0 Å². The lowest BCUT2D eigenvalue weighted by Crippen LogP contribution is -2.53. The van der Waals surface area contributed by atoms with Gasteiger partial charge in [0.1, 0.15) is 0 Å². The van der Waals surface area contributed by atoms with E-state index >= 15 is 0 Å². The highest BCUT2D eigenvalue weighted by Crippen LogP contribution is 2.29. The summed E-state index contributed by atoms with van der Waals surface area (Å²) >= 11 is 0. The maximum atomic E-state index is 5.83. The van der Waals surface area contributed by atoms with Gasteiger partial charge in [0.2, 0.25) is 0 Å². The van der Waals surface area contributed by atoms with Crippen molar-refractivity contribution in [3.8, 4) is 0 Å². The summed E-state index contributed by atoms with van der Waals surface area (Å²) in [6, 6.07) is 1.21. The van der Waals surface area contributed by atoms with E-state index in [0.29, 0.717) is 6.04 Å². The number of nitrogens with zero attached hydrogens (tertiary/aromatic N) is 2. The van der Waals surface area contributed by atoms with Gasteiger partial charge < -0.3 is 15.5 Å². The van der Waals surface area contributed by atoms with Crippen molar-refractivity contribution in [2.75, 3.05) is 33.2 Å². The number of fused-ring (bicyclic) bond motifs is 1. The summed E-state index contributed by atoms with van der Waals surface area (Å²) in [5.41, 5.74) is 5.83. The van der Waals surface area contributed by atoms with Crippen molar-refractivity contribution in [3.05, 3.63) is 0 Å². The van der Waals surface area contributed by atoms with Crippen molar-refractivity contribution < 1.29 is 0 Å². The molecule has 3 atom stereocenters. The van der Waals surface area contributed by atoms with E-state index in [-0.39, 0.29) is 0 Å². The Morgan fingerprint density at radius 3 is 2.88 bits per heavy atom. The Hall–Kier alpha value is -0.120. The number of hydrogen-bond acceptors (Lipinski definition) is 3. The molecule has 2 fully saturated rings. The topological polar surface area (TPSA) is 32.5 Å². The number of piperidine rings is 2. The second-order valence-corrected chi connectivity index (χ2v) is 5.81. The minimum atomic E-state index is 0.353. The average molecular weight is 225 g/mol. The molecule has 2 aliphatic heterocycles. The molecule has 0 aromatic heterocycles. The third kappa shape index (κ3) is 2.96. The molecule has 94 valence electrons. The Morgan fingerprint density at radius 2 is 2.12 bits per heavy atom. The molecule has 16 heavy (non-hydrogen) atoms. The molecule has 0 amide bonds. The molecule has 3 heteroatoms. The van der Waals surface area contributed by atoms with Crippen LogP contribution in [0.3, 0.4) is 0 Å². The van der Waals surface area contributed by atoms with Gasteiger partial charge in [-0.25, -0.2) is 0 Å². The molecular formula is C13H27N3. The van der Waals surface area contributed by atoms with Gasteiger partial charge in [-0.05, 0) is 65.2 Å². The minimum absolute atomic E-state index is 0.353. The maximum Gasteiger partial charge on any atom is 0.0145 e. The van der Waals surface area contributed by atoms with E-state index in [1.807, 2.05) is 0 Å². The monoisotopic (exact) mass is 225 g/mol. The largest absolute Gasteiger partial charge is 0.328 e. The summed E-state index contributed by atoms with van der Waals surface area (Å²) in [5.74, 6) is 0.917. The standard InChI is InChI=1S/C13H27N3/c1-11(14)5-8-16-9-6-13-12(10-16)4-3-7-15(13)2/h11-13H,3-10,14H2,1-2H3. The van der Waals surface area contributed by atoms with Crippen molar-refractivity contribution in [1.29, 1.82) is 0 Å². The van der Waals surface area contributed by atoms with Gasteiger partial charge >= 0.3 is 0 Å². The zero-order chi connectivity index (χ0) is 11.5. The molecule has 0 radical (unpaired) electrons.